The van der Waals surface area contributed by atoms with Crippen molar-refractivity contribution in [3.63, 3.8) is 0 Å². The van der Waals surface area contributed by atoms with Crippen molar-refractivity contribution < 1.29 is 4.79 Å². The fourth-order valence-electron chi connectivity index (χ4n) is 1.20. The zero-order valence-corrected chi connectivity index (χ0v) is 10.2. The predicted octanol–water partition coefficient (Wildman–Crippen LogP) is 1.50. The fraction of sp³-hybridized carbons (Fsp3) is 0.167. The summed E-state index contributed by atoms with van der Waals surface area (Å²) in [5.74, 6) is -0.518. The first-order valence-corrected chi connectivity index (χ1v) is 5.47. The molecule has 2 aromatic rings. The second-order valence-corrected chi connectivity index (χ2v) is 2.92. The SMILES string of the molecule is CC.N#CNC(=O)c1ccn(-c2ccncc2)n1. The maximum atomic E-state index is 11.3. The van der Waals surface area contributed by atoms with E-state index >= 15 is 0 Å². The molecule has 0 atom stereocenters. The minimum Gasteiger partial charge on any atom is -0.266 e. The van der Waals surface area contributed by atoms with Gasteiger partial charge in [-0.2, -0.15) is 10.4 Å². The van der Waals surface area contributed by atoms with E-state index in [1.54, 1.807) is 36.9 Å². The molecular formula is C12H13N5O. The second-order valence-electron chi connectivity index (χ2n) is 2.92. The first kappa shape index (κ1) is 13.4. The Balaban J connectivity index is 0.000000771. The lowest BCUT2D eigenvalue weighted by atomic mass is 10.4. The van der Waals surface area contributed by atoms with E-state index in [-0.39, 0.29) is 5.69 Å². The van der Waals surface area contributed by atoms with Crippen LogP contribution in [-0.2, 0) is 0 Å². The van der Waals surface area contributed by atoms with E-state index in [9.17, 15) is 4.79 Å². The van der Waals surface area contributed by atoms with E-state index in [2.05, 4.69) is 10.1 Å². The van der Waals surface area contributed by atoms with Crippen LogP contribution >= 0.6 is 0 Å². The first-order valence-electron chi connectivity index (χ1n) is 5.47. The van der Waals surface area contributed by atoms with Gasteiger partial charge in [0.25, 0.3) is 5.91 Å². The molecule has 0 saturated heterocycles. The molecule has 0 bridgehead atoms. The smallest absolute Gasteiger partial charge is 0.266 e. The Morgan fingerprint density at radius 3 is 2.61 bits per heavy atom. The summed E-state index contributed by atoms with van der Waals surface area (Å²) in [7, 11) is 0. The Hall–Kier alpha value is -2.68. The molecule has 1 N–H and O–H groups in total. The van der Waals surface area contributed by atoms with Crippen LogP contribution in [0.4, 0.5) is 0 Å². The summed E-state index contributed by atoms with van der Waals surface area (Å²) in [4.78, 5) is 15.1. The average Bonchev–Trinajstić information content (AvgIpc) is 2.92. The molecule has 0 unspecified atom stereocenters. The van der Waals surface area contributed by atoms with Gasteiger partial charge < -0.3 is 0 Å². The molecule has 6 heteroatoms. The fourth-order valence-corrected chi connectivity index (χ4v) is 1.20. The number of carbonyl (C=O) groups excluding carboxylic acids is 1. The normalized spacial score (nSPS) is 8.72. The van der Waals surface area contributed by atoms with Crippen LogP contribution in [0.5, 0.6) is 0 Å². The number of carbonyl (C=O) groups is 1. The second kappa shape index (κ2) is 6.81. The minimum atomic E-state index is -0.518. The van der Waals surface area contributed by atoms with Gasteiger partial charge in [0.05, 0.1) is 5.69 Å². The molecule has 2 heterocycles. The zero-order chi connectivity index (χ0) is 13.4. The van der Waals surface area contributed by atoms with Gasteiger partial charge in [-0.05, 0) is 18.2 Å². The highest BCUT2D eigenvalue weighted by Crippen LogP contribution is 2.05. The van der Waals surface area contributed by atoms with E-state index < -0.39 is 5.91 Å². The Morgan fingerprint density at radius 1 is 1.33 bits per heavy atom. The number of rotatable bonds is 2. The highest BCUT2D eigenvalue weighted by Gasteiger charge is 2.08. The van der Waals surface area contributed by atoms with Crippen LogP contribution in [0.1, 0.15) is 24.3 Å². The largest absolute Gasteiger partial charge is 0.284 e. The molecular weight excluding hydrogens is 230 g/mol. The third kappa shape index (κ3) is 3.15. The number of amides is 1. The van der Waals surface area contributed by atoms with Crippen LogP contribution in [0, 0.1) is 11.5 Å². The van der Waals surface area contributed by atoms with Gasteiger partial charge in [-0.3, -0.25) is 15.1 Å². The lowest BCUT2D eigenvalue weighted by Gasteiger charge is -1.98. The van der Waals surface area contributed by atoms with Gasteiger partial charge in [0.2, 0.25) is 0 Å². The van der Waals surface area contributed by atoms with Gasteiger partial charge in [0.15, 0.2) is 11.9 Å². The molecule has 0 aliphatic rings. The lowest BCUT2D eigenvalue weighted by Crippen LogP contribution is -2.18. The number of nitrogens with one attached hydrogen (secondary N) is 1. The van der Waals surface area contributed by atoms with E-state index in [1.807, 2.05) is 19.2 Å². The topological polar surface area (TPSA) is 83.6 Å². The number of nitriles is 1. The molecule has 0 aliphatic heterocycles. The molecule has 2 rings (SSSR count). The summed E-state index contributed by atoms with van der Waals surface area (Å²) >= 11 is 0. The summed E-state index contributed by atoms with van der Waals surface area (Å²) in [5, 5.41) is 14.3. The summed E-state index contributed by atoms with van der Waals surface area (Å²) in [6.07, 6.45) is 6.46. The monoisotopic (exact) mass is 243 g/mol. The molecule has 18 heavy (non-hydrogen) atoms. The van der Waals surface area contributed by atoms with Crippen molar-refractivity contribution in [1.82, 2.24) is 20.1 Å². The maximum Gasteiger partial charge on any atom is 0.284 e. The van der Waals surface area contributed by atoms with Crippen molar-refractivity contribution in [2.75, 3.05) is 0 Å². The number of aromatic nitrogens is 3. The van der Waals surface area contributed by atoms with E-state index in [0.29, 0.717) is 0 Å². The third-order valence-corrected chi connectivity index (χ3v) is 1.92. The molecule has 1 amide bonds. The van der Waals surface area contributed by atoms with Crippen molar-refractivity contribution in [2.45, 2.75) is 13.8 Å². The van der Waals surface area contributed by atoms with Crippen molar-refractivity contribution in [3.8, 4) is 11.9 Å². The molecule has 6 nitrogen and oxygen atoms in total. The lowest BCUT2D eigenvalue weighted by molar-refractivity contribution is 0.0967. The zero-order valence-electron chi connectivity index (χ0n) is 10.2. The van der Waals surface area contributed by atoms with E-state index in [0.717, 1.165) is 5.69 Å². The van der Waals surface area contributed by atoms with Gasteiger partial charge in [-0.1, -0.05) is 13.8 Å². The van der Waals surface area contributed by atoms with E-state index in [1.165, 1.54) is 10.7 Å². The summed E-state index contributed by atoms with van der Waals surface area (Å²) in [6, 6.07) is 5.06. The van der Waals surface area contributed by atoms with Crippen LogP contribution in [0.3, 0.4) is 0 Å². The van der Waals surface area contributed by atoms with Gasteiger partial charge in [0.1, 0.15) is 0 Å². The molecule has 0 aliphatic carbocycles. The van der Waals surface area contributed by atoms with Crippen molar-refractivity contribution >= 4 is 5.91 Å². The Labute approximate surface area is 105 Å². The van der Waals surface area contributed by atoms with Crippen molar-refractivity contribution in [2.24, 2.45) is 0 Å². The van der Waals surface area contributed by atoms with Crippen LogP contribution in [0.25, 0.3) is 5.69 Å². The first-order chi connectivity index (χ1) is 8.81. The molecule has 0 aromatic carbocycles. The van der Waals surface area contributed by atoms with E-state index in [4.69, 9.17) is 5.26 Å². The van der Waals surface area contributed by atoms with Crippen LogP contribution in [0.15, 0.2) is 36.8 Å². The Morgan fingerprint density at radius 2 is 2.00 bits per heavy atom. The highest BCUT2D eigenvalue weighted by molar-refractivity contribution is 5.93. The maximum absolute atomic E-state index is 11.3. The summed E-state index contributed by atoms with van der Waals surface area (Å²) in [5.41, 5.74) is 0.990. The predicted molar refractivity (Wildman–Crippen MR) is 65.8 cm³/mol. The van der Waals surface area contributed by atoms with Crippen molar-refractivity contribution in [1.29, 1.82) is 5.26 Å². The van der Waals surface area contributed by atoms with Gasteiger partial charge in [0, 0.05) is 18.6 Å². The minimum absolute atomic E-state index is 0.193. The molecule has 0 spiro atoms. The Kier molecular flexibility index (Phi) is 5.06. The molecule has 0 radical (unpaired) electrons. The molecule has 92 valence electrons. The molecule has 2 aromatic heterocycles. The average molecular weight is 243 g/mol. The van der Waals surface area contributed by atoms with Crippen molar-refractivity contribution in [3.05, 3.63) is 42.5 Å². The quantitative estimate of drug-likeness (QED) is 0.640. The van der Waals surface area contributed by atoms with Crippen LogP contribution in [-0.4, -0.2) is 20.7 Å². The van der Waals surface area contributed by atoms with Crippen LogP contribution in [0.2, 0.25) is 0 Å². The number of nitrogens with zero attached hydrogens (tertiary/aromatic N) is 4. The molecule has 0 saturated carbocycles. The number of pyridine rings is 1. The van der Waals surface area contributed by atoms with Gasteiger partial charge in [-0.15, -0.1) is 0 Å². The summed E-state index contributed by atoms with van der Waals surface area (Å²) < 4.78 is 1.54. The van der Waals surface area contributed by atoms with Crippen LogP contribution < -0.4 is 5.32 Å². The highest BCUT2D eigenvalue weighted by atomic mass is 16.1. The van der Waals surface area contributed by atoms with Gasteiger partial charge >= 0.3 is 0 Å². The van der Waals surface area contributed by atoms with Gasteiger partial charge in [-0.25, -0.2) is 4.68 Å². The number of hydrogen-bond acceptors (Lipinski definition) is 4. The molecule has 0 fully saturated rings. The Bertz CT molecular complexity index is 541. The third-order valence-electron chi connectivity index (χ3n) is 1.92. The standard InChI is InChI=1S/C10H7N5O.C2H6/c11-7-13-10(16)9-3-6-15(14-9)8-1-4-12-5-2-8;1-2/h1-6H,(H,13,16);1-2H3. The number of hydrogen-bond donors (Lipinski definition) is 1. The summed E-state index contributed by atoms with van der Waals surface area (Å²) in [6.45, 7) is 4.00.